The van der Waals surface area contributed by atoms with Crippen molar-refractivity contribution in [1.29, 1.82) is 0 Å². The quantitative estimate of drug-likeness (QED) is 0.578. The maximum absolute atomic E-state index is 13.2. The van der Waals surface area contributed by atoms with Crippen molar-refractivity contribution in [2.45, 2.75) is 88.1 Å². The minimum Gasteiger partial charge on any atom is -0.220 e. The fourth-order valence-electron chi connectivity index (χ4n) is 4.72. The molecule has 0 radical (unpaired) electrons. The molecule has 0 spiro atoms. The molecule has 1 fully saturated rings. The van der Waals surface area contributed by atoms with Crippen LogP contribution in [-0.4, -0.2) is 32.7 Å². The van der Waals surface area contributed by atoms with Gasteiger partial charge in [-0.3, -0.25) is 0 Å². The molecule has 0 aromatic heterocycles. The number of hydrazine groups is 1. The van der Waals surface area contributed by atoms with Crippen molar-refractivity contribution in [1.82, 2.24) is 9.84 Å². The Morgan fingerprint density at radius 3 is 2.30 bits per heavy atom. The average molecular weight is 407 g/mol. The van der Waals surface area contributed by atoms with Gasteiger partial charge in [0.1, 0.15) is 0 Å². The molecule has 2 aliphatic heterocycles. The van der Waals surface area contributed by atoms with Crippen molar-refractivity contribution < 1.29 is 8.42 Å². The average Bonchev–Trinajstić information content (AvgIpc) is 2.75. The van der Waals surface area contributed by atoms with E-state index >= 15 is 0 Å². The Morgan fingerprint density at radius 2 is 1.74 bits per heavy atom. The molecule has 27 heavy (non-hydrogen) atoms. The summed E-state index contributed by atoms with van der Waals surface area (Å²) in [5.41, 5.74) is 2.46. The zero-order valence-corrected chi connectivity index (χ0v) is 19.6. The van der Waals surface area contributed by atoms with Gasteiger partial charge in [0.15, 0.2) is 0 Å². The largest absolute Gasteiger partial charge is 0.253 e. The predicted molar refractivity (Wildman–Crippen MR) is 115 cm³/mol. The Bertz CT molecular complexity index is 853. The van der Waals surface area contributed by atoms with Crippen molar-refractivity contribution >= 4 is 18.1 Å². The number of aryl methyl sites for hydroxylation is 1. The van der Waals surface area contributed by atoms with Crippen LogP contribution in [0.1, 0.15) is 52.5 Å². The van der Waals surface area contributed by atoms with Crippen LogP contribution < -0.4 is 4.83 Å². The van der Waals surface area contributed by atoms with Gasteiger partial charge < -0.3 is 0 Å². The van der Waals surface area contributed by atoms with E-state index in [2.05, 4.69) is 56.7 Å². The molecule has 0 saturated carbocycles. The van der Waals surface area contributed by atoms with E-state index in [4.69, 9.17) is 0 Å². The molecule has 2 heterocycles. The Hall–Kier alpha value is -0.953. The fourth-order valence-corrected chi connectivity index (χ4v) is 9.68. The molecule has 150 valence electrons. The van der Waals surface area contributed by atoms with E-state index in [0.717, 1.165) is 24.8 Å². The third kappa shape index (κ3) is 3.35. The molecule has 3 rings (SSSR count). The molecule has 0 aliphatic carbocycles. The van der Waals surface area contributed by atoms with E-state index < -0.39 is 18.1 Å². The highest BCUT2D eigenvalue weighted by Gasteiger charge is 2.61. The predicted octanol–water partition coefficient (Wildman–Crippen LogP) is 4.79. The van der Waals surface area contributed by atoms with E-state index in [1.165, 1.54) is 5.57 Å². The number of hydrogen-bond acceptors (Lipinski definition) is 3. The zero-order chi connectivity index (χ0) is 20.3. The van der Waals surface area contributed by atoms with Crippen LogP contribution >= 0.6 is 0 Å². The fraction of sp³-hybridized carbons (Fsp3) is 0.619. The topological polar surface area (TPSA) is 49.4 Å². The van der Waals surface area contributed by atoms with Crippen LogP contribution in [0.5, 0.6) is 0 Å². The Kier molecular flexibility index (Phi) is 5.03. The van der Waals surface area contributed by atoms with Crippen molar-refractivity contribution in [2.24, 2.45) is 0 Å². The number of nitrogens with zero attached hydrogens (tertiary/aromatic N) is 1. The summed E-state index contributed by atoms with van der Waals surface area (Å²) in [7, 11) is -5.46. The van der Waals surface area contributed by atoms with Crippen molar-refractivity contribution in [3.8, 4) is 0 Å². The molecule has 2 atom stereocenters. The lowest BCUT2D eigenvalue weighted by atomic mass is 10.0. The first-order valence-electron chi connectivity index (χ1n) is 9.86. The normalized spacial score (nSPS) is 26.9. The molecule has 6 heteroatoms. The van der Waals surface area contributed by atoms with Gasteiger partial charge in [0, 0.05) is 11.2 Å². The number of benzene rings is 1. The number of hydrogen-bond donors (Lipinski definition) is 1. The minimum absolute atomic E-state index is 0.0908. The maximum Gasteiger partial charge on any atom is 0.253 e. The summed E-state index contributed by atoms with van der Waals surface area (Å²) in [6.45, 7) is 16.0. The second-order valence-electron chi connectivity index (χ2n) is 9.98. The van der Waals surface area contributed by atoms with Crippen molar-refractivity contribution in [2.75, 3.05) is 0 Å². The second-order valence-corrected chi connectivity index (χ2v) is 17.3. The zero-order valence-electron chi connectivity index (χ0n) is 17.8. The van der Waals surface area contributed by atoms with Crippen LogP contribution in [0.25, 0.3) is 0 Å². The summed E-state index contributed by atoms with van der Waals surface area (Å²) in [6.07, 6.45) is 5.28. The van der Waals surface area contributed by atoms with E-state index in [-0.39, 0.29) is 16.2 Å². The first-order valence-corrected chi connectivity index (χ1v) is 14.3. The van der Waals surface area contributed by atoms with E-state index in [1.807, 2.05) is 19.1 Å². The van der Waals surface area contributed by atoms with E-state index in [1.54, 1.807) is 12.1 Å². The molecule has 2 bridgehead atoms. The summed E-state index contributed by atoms with van der Waals surface area (Å²) < 4.78 is 26.3. The van der Waals surface area contributed by atoms with Crippen LogP contribution in [0, 0.1) is 6.92 Å². The first-order chi connectivity index (χ1) is 12.3. The molecule has 2 aliphatic rings. The third-order valence-electron chi connectivity index (χ3n) is 7.28. The number of sulfonamides is 1. The van der Waals surface area contributed by atoms with Gasteiger partial charge in [-0.15, -0.1) is 4.83 Å². The SMILES string of the molecule is CC1=C[C@@H]2CC[C@]([Si](C)(C)C(C)(C)C)(C1)N2NS(=O)(=O)c1ccc(C)cc1. The van der Waals surface area contributed by atoms with Crippen LogP contribution in [0.2, 0.25) is 18.1 Å². The highest BCUT2D eigenvalue weighted by atomic mass is 32.2. The summed E-state index contributed by atoms with van der Waals surface area (Å²) in [5, 5.41) is 2.21. The lowest BCUT2D eigenvalue weighted by Gasteiger charge is -2.56. The van der Waals surface area contributed by atoms with Crippen molar-refractivity contribution in [3.63, 3.8) is 0 Å². The maximum atomic E-state index is 13.2. The number of nitrogens with one attached hydrogen (secondary N) is 1. The molecule has 0 unspecified atom stereocenters. The van der Waals surface area contributed by atoms with Crippen LogP contribution in [0.15, 0.2) is 40.8 Å². The highest BCUT2D eigenvalue weighted by Crippen LogP contribution is 2.55. The molecular formula is C21H34N2O2SSi. The monoisotopic (exact) mass is 406 g/mol. The minimum atomic E-state index is -3.59. The Morgan fingerprint density at radius 1 is 1.15 bits per heavy atom. The van der Waals surface area contributed by atoms with E-state index in [0.29, 0.717) is 4.90 Å². The lowest BCUT2D eigenvalue weighted by Crippen LogP contribution is -2.71. The molecule has 4 nitrogen and oxygen atoms in total. The second kappa shape index (κ2) is 6.54. The van der Waals surface area contributed by atoms with Gasteiger partial charge in [-0.25, -0.2) is 13.4 Å². The van der Waals surface area contributed by atoms with Gasteiger partial charge in [0.2, 0.25) is 0 Å². The van der Waals surface area contributed by atoms with Crippen LogP contribution in [0.3, 0.4) is 0 Å². The molecule has 1 saturated heterocycles. The van der Waals surface area contributed by atoms with Gasteiger partial charge in [0.05, 0.1) is 13.0 Å². The summed E-state index contributed by atoms with van der Waals surface area (Å²) in [5.74, 6) is 0. The molecule has 1 aromatic carbocycles. The summed E-state index contributed by atoms with van der Waals surface area (Å²) in [4.78, 5) is 3.37. The lowest BCUT2D eigenvalue weighted by molar-refractivity contribution is 0.130. The smallest absolute Gasteiger partial charge is 0.220 e. The van der Waals surface area contributed by atoms with Gasteiger partial charge in [-0.1, -0.05) is 63.2 Å². The number of rotatable bonds is 4. The van der Waals surface area contributed by atoms with Gasteiger partial charge in [0.25, 0.3) is 10.0 Å². The summed E-state index contributed by atoms with van der Waals surface area (Å²) in [6, 6.07) is 7.25. The standard InChI is InChI=1S/C21H34N2O2SSi/c1-16-8-10-19(11-9-16)26(24,25)22-23-18-12-13-21(23,15-17(2)14-18)27(6,7)20(3,4)5/h8-11,14,18,22H,12-13,15H2,1-7H3/t18-,21-/m0/s1. The van der Waals surface area contributed by atoms with Crippen molar-refractivity contribution in [3.05, 3.63) is 41.5 Å². The van der Waals surface area contributed by atoms with Gasteiger partial charge >= 0.3 is 0 Å². The van der Waals surface area contributed by atoms with Crippen LogP contribution in [-0.2, 0) is 10.0 Å². The molecule has 0 amide bonds. The third-order valence-corrected chi connectivity index (χ3v) is 15.4. The highest BCUT2D eigenvalue weighted by molar-refractivity contribution is 7.89. The molecular weight excluding hydrogens is 372 g/mol. The van der Waals surface area contributed by atoms with E-state index in [9.17, 15) is 8.42 Å². The van der Waals surface area contributed by atoms with Gasteiger partial charge in [-0.05, 0) is 50.3 Å². The molecule has 1 aromatic rings. The Labute approximate surface area is 166 Å². The first kappa shape index (κ1) is 20.8. The number of fused-ring (bicyclic) bond motifs is 2. The van der Waals surface area contributed by atoms with Gasteiger partial charge in [-0.2, -0.15) is 0 Å². The van der Waals surface area contributed by atoms with Crippen LogP contribution in [0.4, 0.5) is 0 Å². The summed E-state index contributed by atoms with van der Waals surface area (Å²) >= 11 is 0. The molecule has 1 N–H and O–H groups in total. The Balaban J connectivity index is 2.04.